The summed E-state index contributed by atoms with van der Waals surface area (Å²) in [6.07, 6.45) is 5.06. The summed E-state index contributed by atoms with van der Waals surface area (Å²) in [5.74, 6) is 0.492. The fourth-order valence-corrected chi connectivity index (χ4v) is 1.17. The normalized spacial score (nSPS) is 10.6. The molecule has 0 saturated carbocycles. The number of rotatable bonds is 3. The molecule has 0 atom stereocenters. The lowest BCUT2D eigenvalue weighted by molar-refractivity contribution is 1.12. The highest BCUT2D eigenvalue weighted by Crippen LogP contribution is 2.00. The van der Waals surface area contributed by atoms with Crippen molar-refractivity contribution in [1.29, 1.82) is 0 Å². The summed E-state index contributed by atoms with van der Waals surface area (Å²) in [6, 6.07) is 9.86. The topological polar surface area (TPSA) is 50.2 Å². The summed E-state index contributed by atoms with van der Waals surface area (Å²) in [4.78, 5) is 7.98. The third-order valence-electron chi connectivity index (χ3n) is 2.02. The number of benzene rings is 1. The van der Waals surface area contributed by atoms with Gasteiger partial charge in [0.25, 0.3) is 0 Å². The molecule has 0 amide bonds. The molecule has 2 aromatic rings. The Balaban J connectivity index is 1.98. The smallest absolute Gasteiger partial charge is 0.243 e. The van der Waals surface area contributed by atoms with Crippen LogP contribution < -0.4 is 5.43 Å². The average Bonchev–Trinajstić information content (AvgIpc) is 2.33. The molecule has 0 fully saturated rings. The molecule has 0 saturated heterocycles. The zero-order valence-corrected chi connectivity index (χ0v) is 8.96. The second-order valence-electron chi connectivity index (χ2n) is 3.35. The van der Waals surface area contributed by atoms with Crippen molar-refractivity contribution in [2.45, 2.75) is 6.92 Å². The van der Waals surface area contributed by atoms with Crippen LogP contribution in [0.3, 0.4) is 0 Å². The van der Waals surface area contributed by atoms with Crippen LogP contribution in [0.25, 0.3) is 0 Å². The van der Waals surface area contributed by atoms with Crippen LogP contribution in [0.1, 0.15) is 11.1 Å². The summed E-state index contributed by atoms with van der Waals surface area (Å²) < 4.78 is 0. The number of nitrogens with zero attached hydrogens (tertiary/aromatic N) is 3. The lowest BCUT2D eigenvalue weighted by atomic mass is 10.2. The summed E-state index contributed by atoms with van der Waals surface area (Å²) in [5.41, 5.74) is 5.02. The molecular formula is C12H12N4. The van der Waals surface area contributed by atoms with E-state index in [-0.39, 0.29) is 0 Å². The third-order valence-corrected chi connectivity index (χ3v) is 2.02. The molecule has 2 rings (SSSR count). The third kappa shape index (κ3) is 2.88. The van der Waals surface area contributed by atoms with Crippen LogP contribution in [-0.4, -0.2) is 16.2 Å². The van der Waals surface area contributed by atoms with E-state index in [1.807, 2.05) is 24.3 Å². The largest absolute Gasteiger partial charge is 0.245 e. The summed E-state index contributed by atoms with van der Waals surface area (Å²) in [7, 11) is 0. The summed E-state index contributed by atoms with van der Waals surface area (Å²) in [5, 5.41) is 4.04. The molecule has 0 spiro atoms. The van der Waals surface area contributed by atoms with Crippen molar-refractivity contribution >= 4 is 12.2 Å². The van der Waals surface area contributed by atoms with Gasteiger partial charge in [0.2, 0.25) is 5.95 Å². The van der Waals surface area contributed by atoms with Gasteiger partial charge in [-0.15, -0.1) is 0 Å². The van der Waals surface area contributed by atoms with Gasteiger partial charge in [0.05, 0.1) is 6.21 Å². The molecule has 4 heteroatoms. The molecule has 0 aliphatic rings. The first-order chi connectivity index (χ1) is 7.84. The molecule has 4 nitrogen and oxygen atoms in total. The SMILES string of the molecule is Cc1ccc(/C=N/Nc2ncccn2)cc1. The van der Waals surface area contributed by atoms with E-state index in [9.17, 15) is 0 Å². The molecule has 0 bridgehead atoms. The van der Waals surface area contributed by atoms with E-state index in [2.05, 4.69) is 27.4 Å². The first-order valence-corrected chi connectivity index (χ1v) is 4.97. The average molecular weight is 212 g/mol. The van der Waals surface area contributed by atoms with Crippen LogP contribution >= 0.6 is 0 Å². The van der Waals surface area contributed by atoms with Crippen molar-refractivity contribution in [2.75, 3.05) is 5.43 Å². The van der Waals surface area contributed by atoms with Crippen molar-refractivity contribution in [2.24, 2.45) is 5.10 Å². The first-order valence-electron chi connectivity index (χ1n) is 4.97. The summed E-state index contributed by atoms with van der Waals surface area (Å²) in [6.45, 7) is 2.05. The van der Waals surface area contributed by atoms with E-state index in [4.69, 9.17) is 0 Å². The molecule has 80 valence electrons. The van der Waals surface area contributed by atoms with E-state index >= 15 is 0 Å². The minimum absolute atomic E-state index is 0.492. The highest BCUT2D eigenvalue weighted by atomic mass is 15.3. The van der Waals surface area contributed by atoms with Crippen molar-refractivity contribution in [3.63, 3.8) is 0 Å². The monoisotopic (exact) mass is 212 g/mol. The first kappa shape index (κ1) is 10.3. The van der Waals surface area contributed by atoms with Gasteiger partial charge in [0.15, 0.2) is 0 Å². The van der Waals surface area contributed by atoms with Crippen LogP contribution in [0, 0.1) is 6.92 Å². The number of hydrogen-bond donors (Lipinski definition) is 1. The van der Waals surface area contributed by atoms with Crippen molar-refractivity contribution in [3.05, 3.63) is 53.9 Å². The maximum Gasteiger partial charge on any atom is 0.243 e. The van der Waals surface area contributed by atoms with E-state index < -0.39 is 0 Å². The van der Waals surface area contributed by atoms with E-state index in [0.29, 0.717) is 5.95 Å². The zero-order valence-electron chi connectivity index (χ0n) is 8.96. The van der Waals surface area contributed by atoms with Crippen LogP contribution in [0.5, 0.6) is 0 Å². The molecule has 1 aromatic carbocycles. The van der Waals surface area contributed by atoms with Gasteiger partial charge in [0.1, 0.15) is 0 Å². The lowest BCUT2D eigenvalue weighted by Crippen LogP contribution is -1.95. The highest BCUT2D eigenvalue weighted by molar-refractivity contribution is 5.79. The quantitative estimate of drug-likeness (QED) is 0.627. The number of aromatic nitrogens is 2. The number of nitrogens with one attached hydrogen (secondary N) is 1. The Morgan fingerprint density at radius 3 is 2.50 bits per heavy atom. The van der Waals surface area contributed by atoms with Crippen molar-refractivity contribution in [3.8, 4) is 0 Å². The minimum Gasteiger partial charge on any atom is -0.245 e. The van der Waals surface area contributed by atoms with Crippen LogP contribution in [0.15, 0.2) is 47.8 Å². The Labute approximate surface area is 94.1 Å². The maximum atomic E-state index is 4.04. The zero-order chi connectivity index (χ0) is 11.2. The fraction of sp³-hybridized carbons (Fsp3) is 0.0833. The van der Waals surface area contributed by atoms with E-state index in [1.165, 1.54) is 5.56 Å². The molecule has 1 heterocycles. The van der Waals surface area contributed by atoms with Crippen molar-refractivity contribution in [1.82, 2.24) is 9.97 Å². The number of hydrogen-bond acceptors (Lipinski definition) is 4. The van der Waals surface area contributed by atoms with Gasteiger partial charge in [-0.2, -0.15) is 5.10 Å². The minimum atomic E-state index is 0.492. The van der Waals surface area contributed by atoms with Crippen LogP contribution in [0.4, 0.5) is 5.95 Å². The number of hydrazone groups is 1. The lowest BCUT2D eigenvalue weighted by Gasteiger charge is -1.96. The van der Waals surface area contributed by atoms with E-state index in [0.717, 1.165) is 5.56 Å². The Hall–Kier alpha value is -2.23. The van der Waals surface area contributed by atoms with Gasteiger partial charge < -0.3 is 0 Å². The summed E-state index contributed by atoms with van der Waals surface area (Å²) >= 11 is 0. The standard InChI is InChI=1S/C12H12N4/c1-10-3-5-11(6-4-10)9-15-16-12-13-7-2-8-14-12/h2-9H,1H3,(H,13,14,16)/b15-9+. The Kier molecular flexibility index (Phi) is 3.23. The molecule has 16 heavy (non-hydrogen) atoms. The second kappa shape index (κ2) is 5.02. The van der Waals surface area contributed by atoms with E-state index in [1.54, 1.807) is 24.7 Å². The predicted octanol–water partition coefficient (Wildman–Crippen LogP) is 2.23. The van der Waals surface area contributed by atoms with Gasteiger partial charge in [-0.05, 0) is 18.6 Å². The van der Waals surface area contributed by atoms with Crippen LogP contribution in [-0.2, 0) is 0 Å². The number of aryl methyl sites for hydroxylation is 1. The number of anilines is 1. The molecule has 0 radical (unpaired) electrons. The van der Waals surface area contributed by atoms with Gasteiger partial charge >= 0.3 is 0 Å². The van der Waals surface area contributed by atoms with Gasteiger partial charge in [-0.25, -0.2) is 15.4 Å². The molecule has 1 aromatic heterocycles. The van der Waals surface area contributed by atoms with Crippen molar-refractivity contribution < 1.29 is 0 Å². The van der Waals surface area contributed by atoms with Gasteiger partial charge in [-0.1, -0.05) is 29.8 Å². The molecular weight excluding hydrogens is 200 g/mol. The highest BCUT2D eigenvalue weighted by Gasteiger charge is 1.89. The molecule has 0 unspecified atom stereocenters. The molecule has 1 N–H and O–H groups in total. The maximum absolute atomic E-state index is 4.04. The Bertz CT molecular complexity index is 462. The fourth-order valence-electron chi connectivity index (χ4n) is 1.17. The van der Waals surface area contributed by atoms with Gasteiger partial charge in [0, 0.05) is 12.4 Å². The second-order valence-corrected chi connectivity index (χ2v) is 3.35. The molecule has 0 aliphatic heterocycles. The predicted molar refractivity (Wildman–Crippen MR) is 64.4 cm³/mol. The molecule has 0 aliphatic carbocycles. The van der Waals surface area contributed by atoms with Gasteiger partial charge in [-0.3, -0.25) is 0 Å². The Morgan fingerprint density at radius 1 is 1.12 bits per heavy atom. The van der Waals surface area contributed by atoms with Crippen LogP contribution in [0.2, 0.25) is 0 Å². The Morgan fingerprint density at radius 2 is 1.81 bits per heavy atom.